The second-order valence-corrected chi connectivity index (χ2v) is 6.94. The van der Waals surface area contributed by atoms with E-state index in [9.17, 15) is 14.9 Å². The molecular formula is C19H18ClN3O5. The highest BCUT2D eigenvalue weighted by atomic mass is 35.5. The zero-order valence-corrected chi connectivity index (χ0v) is 15.6. The summed E-state index contributed by atoms with van der Waals surface area (Å²) >= 11 is 5.91. The van der Waals surface area contributed by atoms with E-state index in [1.54, 1.807) is 47.5 Å². The van der Waals surface area contributed by atoms with Crippen LogP contribution in [0, 0.1) is 10.1 Å². The molecule has 0 aliphatic carbocycles. The molecule has 146 valence electrons. The molecular weight excluding hydrogens is 386 g/mol. The molecule has 0 radical (unpaired) electrons. The monoisotopic (exact) mass is 403 g/mol. The molecule has 28 heavy (non-hydrogen) atoms. The van der Waals surface area contributed by atoms with Crippen molar-refractivity contribution in [2.24, 2.45) is 0 Å². The molecule has 2 aromatic rings. The molecule has 0 aromatic heterocycles. The van der Waals surface area contributed by atoms with Crippen LogP contribution in [0.15, 0.2) is 48.5 Å². The van der Waals surface area contributed by atoms with Gasteiger partial charge < -0.3 is 9.47 Å². The van der Waals surface area contributed by atoms with Gasteiger partial charge in [-0.2, -0.15) is 0 Å². The summed E-state index contributed by atoms with van der Waals surface area (Å²) in [5.41, 5.74) is 0.403. The highest BCUT2D eigenvalue weighted by molar-refractivity contribution is 6.30. The first kappa shape index (κ1) is 18.7. The van der Waals surface area contributed by atoms with Crippen molar-refractivity contribution in [2.45, 2.75) is 12.1 Å². The zero-order chi connectivity index (χ0) is 19.7. The van der Waals surface area contributed by atoms with Gasteiger partial charge in [0, 0.05) is 24.2 Å². The zero-order valence-electron chi connectivity index (χ0n) is 14.9. The lowest BCUT2D eigenvalue weighted by molar-refractivity contribution is -0.386. The van der Waals surface area contributed by atoms with Gasteiger partial charge in [0.1, 0.15) is 11.8 Å². The number of β-lactam (4-membered cyclic amide) rings is 1. The number of nitrogens with zero attached hydrogens (tertiary/aromatic N) is 3. The summed E-state index contributed by atoms with van der Waals surface area (Å²) in [4.78, 5) is 24.0. The number of nitro groups is 1. The number of nitro benzene ring substituents is 1. The predicted octanol–water partition coefficient (Wildman–Crippen LogP) is 2.83. The molecule has 0 N–H and O–H groups in total. The summed E-state index contributed by atoms with van der Waals surface area (Å²) in [6.07, 6.45) is -0.856. The lowest BCUT2D eigenvalue weighted by Crippen LogP contribution is -2.68. The van der Waals surface area contributed by atoms with Gasteiger partial charge in [0.2, 0.25) is 6.10 Å². The highest BCUT2D eigenvalue weighted by Crippen LogP contribution is 2.42. The minimum Gasteiger partial charge on any atom is -0.478 e. The fourth-order valence-electron chi connectivity index (χ4n) is 3.51. The first-order chi connectivity index (χ1) is 13.6. The summed E-state index contributed by atoms with van der Waals surface area (Å²) in [5, 5.41) is 15.5. The van der Waals surface area contributed by atoms with Gasteiger partial charge in [0.05, 0.1) is 23.7 Å². The van der Waals surface area contributed by atoms with Crippen molar-refractivity contribution in [3.63, 3.8) is 0 Å². The Bertz CT molecular complexity index is 885. The number of rotatable bonds is 5. The van der Waals surface area contributed by atoms with Crippen LogP contribution in [0.2, 0.25) is 5.02 Å². The molecule has 1 amide bonds. The van der Waals surface area contributed by atoms with E-state index in [-0.39, 0.29) is 11.6 Å². The molecule has 2 atom stereocenters. The first-order valence-electron chi connectivity index (χ1n) is 8.87. The third-order valence-electron chi connectivity index (χ3n) is 4.84. The number of ether oxygens (including phenoxy) is 2. The van der Waals surface area contributed by atoms with Crippen molar-refractivity contribution in [1.29, 1.82) is 0 Å². The predicted molar refractivity (Wildman–Crippen MR) is 101 cm³/mol. The summed E-state index contributed by atoms with van der Waals surface area (Å²) in [6.45, 7) is 2.07. The van der Waals surface area contributed by atoms with Gasteiger partial charge in [0.15, 0.2) is 0 Å². The number of hydrogen-bond acceptors (Lipinski definition) is 6. The van der Waals surface area contributed by atoms with Crippen molar-refractivity contribution in [3.05, 3.63) is 69.2 Å². The molecule has 2 heterocycles. The number of benzene rings is 2. The van der Waals surface area contributed by atoms with Gasteiger partial charge in [-0.1, -0.05) is 23.7 Å². The molecule has 2 saturated heterocycles. The third kappa shape index (κ3) is 3.42. The Hall–Kier alpha value is -2.68. The Morgan fingerprint density at radius 3 is 2.46 bits per heavy atom. The van der Waals surface area contributed by atoms with Crippen LogP contribution >= 0.6 is 11.6 Å². The van der Waals surface area contributed by atoms with Crippen molar-refractivity contribution >= 4 is 23.2 Å². The molecule has 0 saturated carbocycles. The summed E-state index contributed by atoms with van der Waals surface area (Å²) in [5.74, 6) is 0.243. The van der Waals surface area contributed by atoms with Gasteiger partial charge in [-0.25, -0.2) is 5.01 Å². The molecule has 8 nitrogen and oxygen atoms in total. The summed E-state index contributed by atoms with van der Waals surface area (Å²) < 4.78 is 11.3. The second kappa shape index (κ2) is 7.75. The van der Waals surface area contributed by atoms with Crippen LogP contribution in [0.5, 0.6) is 5.75 Å². The maximum absolute atomic E-state index is 12.9. The smallest absolute Gasteiger partial charge is 0.281 e. The normalized spacial score (nSPS) is 22.6. The van der Waals surface area contributed by atoms with Gasteiger partial charge in [0.25, 0.3) is 11.6 Å². The molecule has 2 aromatic carbocycles. The Kier molecular flexibility index (Phi) is 5.17. The Morgan fingerprint density at radius 2 is 1.79 bits per heavy atom. The van der Waals surface area contributed by atoms with Gasteiger partial charge >= 0.3 is 0 Å². The highest BCUT2D eigenvalue weighted by Gasteiger charge is 2.55. The van der Waals surface area contributed by atoms with E-state index in [0.717, 1.165) is 0 Å². The van der Waals surface area contributed by atoms with Crippen LogP contribution in [-0.4, -0.2) is 53.3 Å². The number of para-hydroxylation sites is 1. The molecule has 0 unspecified atom stereocenters. The third-order valence-corrected chi connectivity index (χ3v) is 5.09. The van der Waals surface area contributed by atoms with E-state index in [2.05, 4.69) is 0 Å². The van der Waals surface area contributed by atoms with E-state index in [1.807, 2.05) is 5.01 Å². The Morgan fingerprint density at radius 1 is 1.11 bits per heavy atom. The molecule has 0 bridgehead atoms. The molecule has 2 aliphatic heterocycles. The van der Waals surface area contributed by atoms with Gasteiger partial charge in [-0.15, -0.1) is 0 Å². The summed E-state index contributed by atoms with van der Waals surface area (Å²) in [6, 6.07) is 12.5. The second-order valence-electron chi connectivity index (χ2n) is 6.50. The molecule has 2 fully saturated rings. The quantitative estimate of drug-likeness (QED) is 0.433. The minimum absolute atomic E-state index is 0.0389. The molecule has 9 heteroatoms. The van der Waals surface area contributed by atoms with E-state index in [4.69, 9.17) is 21.1 Å². The van der Waals surface area contributed by atoms with Crippen molar-refractivity contribution in [3.8, 4) is 5.75 Å². The number of halogens is 1. The van der Waals surface area contributed by atoms with E-state index in [0.29, 0.717) is 42.6 Å². The Balaban J connectivity index is 1.68. The van der Waals surface area contributed by atoms with Gasteiger partial charge in [-0.3, -0.25) is 19.9 Å². The van der Waals surface area contributed by atoms with E-state index >= 15 is 0 Å². The van der Waals surface area contributed by atoms with Crippen LogP contribution in [0.3, 0.4) is 0 Å². The number of hydrogen-bond donors (Lipinski definition) is 0. The number of carbonyl (C=O) groups is 1. The average Bonchev–Trinajstić information content (AvgIpc) is 2.72. The number of hydrazine groups is 1. The first-order valence-corrected chi connectivity index (χ1v) is 9.25. The lowest BCUT2D eigenvalue weighted by Gasteiger charge is -2.51. The lowest BCUT2D eigenvalue weighted by atomic mass is 9.91. The number of carbonyl (C=O) groups excluding carboxylic acids is 1. The molecule has 2 aliphatic rings. The van der Waals surface area contributed by atoms with Crippen LogP contribution in [0.25, 0.3) is 0 Å². The van der Waals surface area contributed by atoms with Crippen LogP contribution in [0.4, 0.5) is 5.69 Å². The van der Waals surface area contributed by atoms with E-state index < -0.39 is 17.1 Å². The maximum atomic E-state index is 12.9. The maximum Gasteiger partial charge on any atom is 0.281 e. The van der Waals surface area contributed by atoms with Crippen LogP contribution in [-0.2, 0) is 9.53 Å². The van der Waals surface area contributed by atoms with Crippen molar-refractivity contribution in [1.82, 2.24) is 10.0 Å². The fraction of sp³-hybridized carbons (Fsp3) is 0.316. The van der Waals surface area contributed by atoms with E-state index in [1.165, 1.54) is 6.07 Å². The topological polar surface area (TPSA) is 85.1 Å². The van der Waals surface area contributed by atoms with Crippen molar-refractivity contribution in [2.75, 3.05) is 26.3 Å². The van der Waals surface area contributed by atoms with Gasteiger partial charge in [-0.05, 0) is 30.3 Å². The summed E-state index contributed by atoms with van der Waals surface area (Å²) in [7, 11) is 0. The Labute approximate surface area is 166 Å². The molecule has 0 spiro atoms. The fourth-order valence-corrected chi connectivity index (χ4v) is 3.63. The SMILES string of the molecule is O=C1[C@@H](Oc2ccc(Cl)cc2)[C@@H](c2ccccc2[N+](=O)[O-])N1N1CCOCC1. The van der Waals surface area contributed by atoms with Crippen molar-refractivity contribution < 1.29 is 19.2 Å². The number of amides is 1. The van der Waals surface area contributed by atoms with Crippen LogP contribution < -0.4 is 4.74 Å². The number of morpholine rings is 1. The standard InChI is InChI=1S/C19H18ClN3O5/c20-13-5-7-14(8-6-13)28-18-17(15-3-1-2-4-16(15)23(25)26)22(19(18)24)21-9-11-27-12-10-21/h1-8,17-18H,9-12H2/t17-,18+/m1/s1. The average molecular weight is 404 g/mol. The largest absolute Gasteiger partial charge is 0.478 e. The molecule has 4 rings (SSSR count). The van der Waals surface area contributed by atoms with Crippen LogP contribution in [0.1, 0.15) is 11.6 Å². The minimum atomic E-state index is -0.856.